The monoisotopic (exact) mass is 390 g/mol. The molecule has 144 valence electrons. The lowest BCUT2D eigenvalue weighted by atomic mass is 10.1. The highest BCUT2D eigenvalue weighted by molar-refractivity contribution is 7.91. The summed E-state index contributed by atoms with van der Waals surface area (Å²) in [6.07, 6.45) is 2.78. The molecular weight excluding hydrogens is 368 g/mol. The third-order valence-corrected chi connectivity index (χ3v) is 5.48. The fourth-order valence-corrected chi connectivity index (χ4v) is 4.13. The Kier molecular flexibility index (Phi) is 5.43. The van der Waals surface area contributed by atoms with Crippen molar-refractivity contribution >= 4 is 20.8 Å². The van der Waals surface area contributed by atoms with E-state index in [1.165, 1.54) is 13.2 Å². The quantitative estimate of drug-likeness (QED) is 0.618. The van der Waals surface area contributed by atoms with Crippen LogP contribution < -0.4 is 4.74 Å². The van der Waals surface area contributed by atoms with E-state index in [9.17, 15) is 13.5 Å². The Labute approximate surface area is 158 Å². The van der Waals surface area contributed by atoms with Crippen LogP contribution in [-0.2, 0) is 21.0 Å². The molecule has 3 rings (SSSR count). The molecule has 7 heteroatoms. The Morgan fingerprint density at radius 2 is 1.89 bits per heavy atom. The first-order chi connectivity index (χ1) is 12.8. The van der Waals surface area contributed by atoms with Crippen molar-refractivity contribution in [1.29, 1.82) is 0 Å². The third kappa shape index (κ3) is 3.94. The van der Waals surface area contributed by atoms with Gasteiger partial charge in [-0.15, -0.1) is 0 Å². The van der Waals surface area contributed by atoms with E-state index in [1.807, 2.05) is 12.1 Å². The van der Waals surface area contributed by atoms with Crippen LogP contribution in [0.1, 0.15) is 12.0 Å². The number of furan rings is 1. The van der Waals surface area contributed by atoms with Gasteiger partial charge < -0.3 is 19.0 Å². The fraction of sp³-hybridized carbons (Fsp3) is 0.300. The van der Waals surface area contributed by atoms with Gasteiger partial charge in [-0.25, -0.2) is 8.42 Å². The topological polar surface area (TPSA) is 86.0 Å². The SMILES string of the molecule is COCCCc1ccc2oc(-c3ccc(O)c(OC)c3)c(S(C)(=O)=O)c2c1. The zero-order chi connectivity index (χ0) is 19.6. The first-order valence-electron chi connectivity index (χ1n) is 8.47. The molecule has 0 amide bonds. The number of methoxy groups -OCH3 is 2. The fourth-order valence-electron chi connectivity index (χ4n) is 3.08. The number of hydrogen-bond donors (Lipinski definition) is 1. The molecule has 0 aliphatic heterocycles. The molecule has 0 fully saturated rings. The number of aromatic hydroxyl groups is 1. The van der Waals surface area contributed by atoms with Crippen LogP contribution in [-0.4, -0.2) is 40.6 Å². The van der Waals surface area contributed by atoms with Crippen molar-refractivity contribution < 1.29 is 27.4 Å². The van der Waals surface area contributed by atoms with E-state index in [4.69, 9.17) is 13.9 Å². The summed E-state index contributed by atoms with van der Waals surface area (Å²) in [5.41, 5.74) is 2.02. The van der Waals surface area contributed by atoms with Gasteiger partial charge in [0.05, 0.1) is 7.11 Å². The second-order valence-electron chi connectivity index (χ2n) is 6.35. The molecule has 6 nitrogen and oxygen atoms in total. The molecule has 0 spiro atoms. The van der Waals surface area contributed by atoms with Crippen molar-refractivity contribution in [3.63, 3.8) is 0 Å². The summed E-state index contributed by atoms with van der Waals surface area (Å²) in [7, 11) is -0.474. The van der Waals surface area contributed by atoms with Gasteiger partial charge in [-0.1, -0.05) is 6.07 Å². The van der Waals surface area contributed by atoms with Gasteiger partial charge in [0.2, 0.25) is 0 Å². The van der Waals surface area contributed by atoms with Crippen LogP contribution in [0.5, 0.6) is 11.5 Å². The summed E-state index contributed by atoms with van der Waals surface area (Å²) >= 11 is 0. The average molecular weight is 390 g/mol. The molecule has 0 saturated carbocycles. The number of phenols is 1. The molecule has 0 radical (unpaired) electrons. The van der Waals surface area contributed by atoms with Crippen LogP contribution in [0.3, 0.4) is 0 Å². The Morgan fingerprint density at radius 1 is 1.11 bits per heavy atom. The molecular formula is C20H22O6S. The number of rotatable bonds is 7. The zero-order valence-electron chi connectivity index (χ0n) is 15.5. The molecule has 1 heterocycles. The van der Waals surface area contributed by atoms with Crippen LogP contribution in [0.25, 0.3) is 22.3 Å². The van der Waals surface area contributed by atoms with Gasteiger partial charge in [0.1, 0.15) is 10.5 Å². The third-order valence-electron chi connectivity index (χ3n) is 4.33. The van der Waals surface area contributed by atoms with E-state index in [1.54, 1.807) is 25.3 Å². The maximum absolute atomic E-state index is 12.5. The summed E-state index contributed by atoms with van der Waals surface area (Å²) in [5, 5.41) is 10.4. The number of phenolic OH excluding ortho intramolecular Hbond substituents is 1. The van der Waals surface area contributed by atoms with Crippen LogP contribution in [0.4, 0.5) is 0 Å². The molecule has 0 unspecified atom stereocenters. The van der Waals surface area contributed by atoms with Gasteiger partial charge in [-0.3, -0.25) is 0 Å². The molecule has 27 heavy (non-hydrogen) atoms. The van der Waals surface area contributed by atoms with Gasteiger partial charge in [0.25, 0.3) is 0 Å². The van der Waals surface area contributed by atoms with Crippen molar-refractivity contribution in [3.05, 3.63) is 42.0 Å². The molecule has 0 saturated heterocycles. The number of ether oxygens (including phenoxy) is 2. The Morgan fingerprint density at radius 3 is 2.56 bits per heavy atom. The second kappa shape index (κ2) is 7.62. The lowest BCUT2D eigenvalue weighted by Gasteiger charge is -2.06. The summed E-state index contributed by atoms with van der Waals surface area (Å²) in [6.45, 7) is 0.640. The normalized spacial score (nSPS) is 11.8. The predicted molar refractivity (Wildman–Crippen MR) is 103 cm³/mol. The van der Waals surface area contributed by atoms with Crippen LogP contribution >= 0.6 is 0 Å². The predicted octanol–water partition coefficient (Wildman–Crippen LogP) is 3.80. The van der Waals surface area contributed by atoms with E-state index >= 15 is 0 Å². The molecule has 1 N–H and O–H groups in total. The first kappa shape index (κ1) is 19.3. The number of fused-ring (bicyclic) bond motifs is 1. The van der Waals surface area contributed by atoms with Crippen molar-refractivity contribution in [2.75, 3.05) is 27.1 Å². The van der Waals surface area contributed by atoms with E-state index < -0.39 is 9.84 Å². The van der Waals surface area contributed by atoms with Crippen LogP contribution in [0, 0.1) is 0 Å². The minimum absolute atomic E-state index is 0.0290. The lowest BCUT2D eigenvalue weighted by molar-refractivity contribution is 0.195. The molecule has 0 bridgehead atoms. The Balaban J connectivity index is 2.18. The molecule has 0 aliphatic carbocycles. The smallest absolute Gasteiger partial charge is 0.179 e. The molecule has 3 aromatic rings. The molecule has 0 atom stereocenters. The van der Waals surface area contributed by atoms with E-state index in [-0.39, 0.29) is 22.2 Å². The molecule has 1 aromatic heterocycles. The minimum Gasteiger partial charge on any atom is -0.504 e. The maximum Gasteiger partial charge on any atom is 0.179 e. The van der Waals surface area contributed by atoms with Crippen LogP contribution in [0.2, 0.25) is 0 Å². The van der Waals surface area contributed by atoms with Gasteiger partial charge in [0, 0.05) is 30.9 Å². The van der Waals surface area contributed by atoms with E-state index in [0.717, 1.165) is 24.7 Å². The highest BCUT2D eigenvalue weighted by Crippen LogP contribution is 2.40. The summed E-state index contributed by atoms with van der Waals surface area (Å²) in [4.78, 5) is 0.138. The molecule has 2 aromatic carbocycles. The van der Waals surface area contributed by atoms with Gasteiger partial charge >= 0.3 is 0 Å². The maximum atomic E-state index is 12.5. The minimum atomic E-state index is -3.56. The van der Waals surface area contributed by atoms with Gasteiger partial charge in [-0.05, 0) is 48.7 Å². The summed E-state index contributed by atoms with van der Waals surface area (Å²) < 4.78 is 41.2. The largest absolute Gasteiger partial charge is 0.504 e. The number of sulfone groups is 1. The zero-order valence-corrected chi connectivity index (χ0v) is 16.3. The van der Waals surface area contributed by atoms with E-state index in [2.05, 4.69) is 0 Å². The van der Waals surface area contributed by atoms with Crippen molar-refractivity contribution in [3.8, 4) is 22.8 Å². The van der Waals surface area contributed by atoms with Crippen LogP contribution in [0.15, 0.2) is 45.7 Å². The van der Waals surface area contributed by atoms with Gasteiger partial charge in [0.15, 0.2) is 27.1 Å². The highest BCUT2D eigenvalue weighted by Gasteiger charge is 2.24. The standard InChI is InChI=1S/C20H22O6S/c1-24-10-4-5-13-6-9-17-15(11-13)20(27(3,22)23)19(26-17)14-7-8-16(21)18(12-14)25-2/h6-9,11-12,21H,4-5,10H2,1-3H3. The number of benzene rings is 2. The first-order valence-corrected chi connectivity index (χ1v) is 10.4. The molecule has 0 aliphatic rings. The number of hydrogen-bond acceptors (Lipinski definition) is 6. The van der Waals surface area contributed by atoms with Crippen molar-refractivity contribution in [1.82, 2.24) is 0 Å². The summed E-state index contributed by atoms with van der Waals surface area (Å²) in [5.74, 6) is 0.450. The highest BCUT2D eigenvalue weighted by atomic mass is 32.2. The Bertz CT molecular complexity index is 1070. The van der Waals surface area contributed by atoms with Crippen molar-refractivity contribution in [2.24, 2.45) is 0 Å². The number of aryl methyl sites for hydroxylation is 1. The lowest BCUT2D eigenvalue weighted by Crippen LogP contribution is -1.99. The van der Waals surface area contributed by atoms with E-state index in [0.29, 0.717) is 23.1 Å². The van der Waals surface area contributed by atoms with Crippen molar-refractivity contribution in [2.45, 2.75) is 17.7 Å². The second-order valence-corrected chi connectivity index (χ2v) is 8.30. The Hall–Kier alpha value is -2.51. The summed E-state index contributed by atoms with van der Waals surface area (Å²) in [6, 6.07) is 10.2. The average Bonchev–Trinajstić information content (AvgIpc) is 3.01. The van der Waals surface area contributed by atoms with Gasteiger partial charge in [-0.2, -0.15) is 0 Å².